The number of anilines is 1. The number of fused-ring (bicyclic) bond motifs is 2. The summed E-state index contributed by atoms with van der Waals surface area (Å²) in [6.07, 6.45) is 5.16. The Bertz CT molecular complexity index is 898. The van der Waals surface area contributed by atoms with Gasteiger partial charge in [-0.15, -0.1) is 0 Å². The summed E-state index contributed by atoms with van der Waals surface area (Å²) in [6, 6.07) is 8.08. The van der Waals surface area contributed by atoms with Gasteiger partial charge in [-0.3, -0.25) is 4.90 Å². The predicted octanol–water partition coefficient (Wildman–Crippen LogP) is 2.43. The van der Waals surface area contributed by atoms with E-state index in [1.54, 1.807) is 6.33 Å². The third-order valence-electron chi connectivity index (χ3n) is 5.35. The Morgan fingerprint density at radius 3 is 2.80 bits per heavy atom. The first-order chi connectivity index (χ1) is 12.4. The van der Waals surface area contributed by atoms with Crippen LogP contribution >= 0.6 is 0 Å². The minimum absolute atomic E-state index is 0.840. The minimum atomic E-state index is 0.840. The summed E-state index contributed by atoms with van der Waals surface area (Å²) in [6.45, 7) is 4.87. The quantitative estimate of drug-likeness (QED) is 0.733. The van der Waals surface area contributed by atoms with Crippen molar-refractivity contribution >= 4 is 16.8 Å². The first kappa shape index (κ1) is 14.8. The minimum Gasteiger partial charge on any atom is -0.356 e. The number of rotatable bonds is 3. The van der Waals surface area contributed by atoms with Gasteiger partial charge in [0.1, 0.15) is 17.8 Å². The smallest absolute Gasteiger partial charge is 0.167 e. The molecule has 1 saturated heterocycles. The highest BCUT2D eigenvalue weighted by Crippen LogP contribution is 2.28. The monoisotopic (exact) mass is 335 g/mol. The summed E-state index contributed by atoms with van der Waals surface area (Å²) < 4.78 is 5.43. The van der Waals surface area contributed by atoms with Crippen LogP contribution in [0.15, 0.2) is 35.1 Å². The number of piperazine rings is 1. The van der Waals surface area contributed by atoms with Crippen LogP contribution in [0, 0.1) is 0 Å². The van der Waals surface area contributed by atoms with Crippen LogP contribution in [-0.2, 0) is 19.4 Å². The lowest BCUT2D eigenvalue weighted by molar-refractivity contribution is 0.242. The van der Waals surface area contributed by atoms with Crippen LogP contribution in [0.1, 0.15) is 23.4 Å². The van der Waals surface area contributed by atoms with E-state index in [0.29, 0.717) is 0 Å². The third kappa shape index (κ3) is 2.66. The van der Waals surface area contributed by atoms with Crippen LogP contribution in [0.2, 0.25) is 0 Å². The van der Waals surface area contributed by atoms with E-state index in [1.807, 2.05) is 18.2 Å². The molecule has 0 saturated carbocycles. The average Bonchev–Trinajstić information content (AvgIpc) is 3.29. The zero-order valence-corrected chi connectivity index (χ0v) is 14.2. The second-order valence-electron chi connectivity index (χ2n) is 6.86. The lowest BCUT2D eigenvalue weighted by Gasteiger charge is -2.35. The molecule has 1 aromatic carbocycles. The molecular formula is C19H21N5O. The molecule has 0 radical (unpaired) electrons. The van der Waals surface area contributed by atoms with Crippen molar-refractivity contribution in [1.29, 1.82) is 0 Å². The Balaban J connectivity index is 1.28. The number of benzene rings is 1. The zero-order chi connectivity index (χ0) is 16.6. The topological polar surface area (TPSA) is 58.3 Å². The molecule has 2 aromatic heterocycles. The number of aromatic nitrogens is 3. The van der Waals surface area contributed by atoms with E-state index in [2.05, 4.69) is 31.0 Å². The standard InChI is InChI=1S/C19H21N5O/c1-2-7-18-14(4-1)17(22-25-18)12-23-8-10-24(11-9-23)19-15-5-3-6-16(15)20-13-21-19/h1-2,4,7,13H,3,5-6,8-12H2. The van der Waals surface area contributed by atoms with Gasteiger partial charge in [-0.2, -0.15) is 0 Å². The summed E-state index contributed by atoms with van der Waals surface area (Å²) >= 11 is 0. The second-order valence-corrected chi connectivity index (χ2v) is 6.86. The normalized spacial score (nSPS) is 18.0. The Kier molecular flexibility index (Phi) is 3.63. The molecule has 128 valence electrons. The molecule has 3 heterocycles. The molecule has 0 bridgehead atoms. The molecule has 5 rings (SSSR count). The highest BCUT2D eigenvalue weighted by atomic mass is 16.5. The van der Waals surface area contributed by atoms with E-state index in [4.69, 9.17) is 4.52 Å². The maximum Gasteiger partial charge on any atom is 0.167 e. The Morgan fingerprint density at radius 1 is 1.00 bits per heavy atom. The molecule has 6 nitrogen and oxygen atoms in total. The lowest BCUT2D eigenvalue weighted by Crippen LogP contribution is -2.46. The SMILES string of the molecule is c1ccc2c(CN3CCN(c4ncnc5c4CCC5)CC3)noc2c1. The van der Waals surface area contributed by atoms with E-state index in [9.17, 15) is 0 Å². The molecule has 0 amide bonds. The first-order valence-corrected chi connectivity index (χ1v) is 9.02. The molecule has 2 aliphatic rings. The lowest BCUT2D eigenvalue weighted by atomic mass is 10.2. The number of nitrogens with zero attached hydrogens (tertiary/aromatic N) is 5. The van der Waals surface area contributed by atoms with Gasteiger partial charge in [0.2, 0.25) is 0 Å². The summed E-state index contributed by atoms with van der Waals surface area (Å²) in [4.78, 5) is 13.9. The molecule has 0 N–H and O–H groups in total. The van der Waals surface area contributed by atoms with Gasteiger partial charge in [-0.1, -0.05) is 17.3 Å². The van der Waals surface area contributed by atoms with Crippen LogP contribution in [0.5, 0.6) is 0 Å². The fourth-order valence-corrected chi connectivity index (χ4v) is 4.00. The number of hydrogen-bond donors (Lipinski definition) is 0. The third-order valence-corrected chi connectivity index (χ3v) is 5.35. The van der Waals surface area contributed by atoms with Crippen LogP contribution in [0.3, 0.4) is 0 Å². The van der Waals surface area contributed by atoms with Gasteiger partial charge in [0, 0.05) is 49.4 Å². The molecule has 6 heteroatoms. The van der Waals surface area contributed by atoms with Crippen molar-refractivity contribution in [2.45, 2.75) is 25.8 Å². The van der Waals surface area contributed by atoms with Crippen molar-refractivity contribution in [3.05, 3.63) is 47.5 Å². The fraction of sp³-hybridized carbons (Fsp3) is 0.421. The van der Waals surface area contributed by atoms with E-state index in [0.717, 1.165) is 68.0 Å². The van der Waals surface area contributed by atoms with Gasteiger partial charge in [0.25, 0.3) is 0 Å². The van der Waals surface area contributed by atoms with Crippen LogP contribution in [-0.4, -0.2) is 46.2 Å². The van der Waals surface area contributed by atoms with Crippen molar-refractivity contribution in [3.63, 3.8) is 0 Å². The molecule has 0 unspecified atom stereocenters. The molecular weight excluding hydrogens is 314 g/mol. The highest BCUT2D eigenvalue weighted by Gasteiger charge is 2.25. The molecule has 1 aliphatic carbocycles. The highest BCUT2D eigenvalue weighted by molar-refractivity contribution is 5.79. The Morgan fingerprint density at radius 2 is 1.88 bits per heavy atom. The van der Waals surface area contributed by atoms with Crippen molar-refractivity contribution < 1.29 is 4.52 Å². The maximum atomic E-state index is 5.43. The van der Waals surface area contributed by atoms with Gasteiger partial charge in [0.05, 0.1) is 0 Å². The second kappa shape index (κ2) is 6.11. The van der Waals surface area contributed by atoms with Crippen molar-refractivity contribution in [2.24, 2.45) is 0 Å². The van der Waals surface area contributed by atoms with E-state index < -0.39 is 0 Å². The molecule has 0 spiro atoms. The molecule has 3 aromatic rings. The van der Waals surface area contributed by atoms with E-state index in [-0.39, 0.29) is 0 Å². The summed E-state index contributed by atoms with van der Waals surface area (Å²) in [5, 5.41) is 5.39. The molecule has 0 atom stereocenters. The van der Waals surface area contributed by atoms with Crippen molar-refractivity contribution in [1.82, 2.24) is 20.0 Å². The number of hydrogen-bond acceptors (Lipinski definition) is 6. The van der Waals surface area contributed by atoms with Gasteiger partial charge in [-0.05, 0) is 31.4 Å². The molecule has 1 fully saturated rings. The number of aryl methyl sites for hydroxylation is 1. The molecule has 1 aliphatic heterocycles. The van der Waals surface area contributed by atoms with Crippen LogP contribution in [0.25, 0.3) is 11.0 Å². The Labute approximate surface area is 146 Å². The summed E-state index contributed by atoms with van der Waals surface area (Å²) in [5.74, 6) is 1.16. The van der Waals surface area contributed by atoms with E-state index >= 15 is 0 Å². The summed E-state index contributed by atoms with van der Waals surface area (Å²) in [5.41, 5.74) is 4.53. The van der Waals surface area contributed by atoms with Gasteiger partial charge < -0.3 is 9.42 Å². The van der Waals surface area contributed by atoms with Crippen LogP contribution in [0.4, 0.5) is 5.82 Å². The average molecular weight is 335 g/mol. The first-order valence-electron chi connectivity index (χ1n) is 9.02. The van der Waals surface area contributed by atoms with Gasteiger partial charge in [-0.25, -0.2) is 9.97 Å². The Hall–Kier alpha value is -2.47. The van der Waals surface area contributed by atoms with Gasteiger partial charge in [0.15, 0.2) is 5.58 Å². The maximum absolute atomic E-state index is 5.43. The largest absolute Gasteiger partial charge is 0.356 e. The molecule has 25 heavy (non-hydrogen) atoms. The van der Waals surface area contributed by atoms with Gasteiger partial charge >= 0.3 is 0 Å². The van der Waals surface area contributed by atoms with E-state index in [1.165, 1.54) is 17.7 Å². The zero-order valence-electron chi connectivity index (χ0n) is 14.2. The fourth-order valence-electron chi connectivity index (χ4n) is 4.00. The summed E-state index contributed by atoms with van der Waals surface area (Å²) in [7, 11) is 0. The van der Waals surface area contributed by atoms with Crippen molar-refractivity contribution in [3.8, 4) is 0 Å². The number of para-hydroxylation sites is 1. The predicted molar refractivity (Wildman–Crippen MR) is 95.6 cm³/mol. The van der Waals surface area contributed by atoms with Crippen molar-refractivity contribution in [2.75, 3.05) is 31.1 Å². The van der Waals surface area contributed by atoms with Crippen LogP contribution < -0.4 is 4.90 Å².